The van der Waals surface area contributed by atoms with Crippen molar-refractivity contribution in [3.05, 3.63) is 35.3 Å². The summed E-state index contributed by atoms with van der Waals surface area (Å²) in [5.74, 6) is 0.679. The zero-order chi connectivity index (χ0) is 19.5. The molecule has 2 aliphatic rings. The van der Waals surface area contributed by atoms with Gasteiger partial charge < -0.3 is 20.3 Å². The molecule has 148 valence electrons. The van der Waals surface area contributed by atoms with Gasteiger partial charge in [-0.05, 0) is 37.8 Å². The maximum atomic E-state index is 12.9. The highest BCUT2D eigenvalue weighted by molar-refractivity contribution is 7.14. The zero-order valence-electron chi connectivity index (χ0n) is 15.8. The summed E-state index contributed by atoms with van der Waals surface area (Å²) in [6.45, 7) is 0.443. The maximum absolute atomic E-state index is 12.9. The first kappa shape index (κ1) is 18.7. The molecule has 2 aliphatic carbocycles. The van der Waals surface area contributed by atoms with Crippen molar-refractivity contribution in [2.75, 3.05) is 19.0 Å². The Morgan fingerprint density at radius 3 is 2.82 bits per heavy atom. The third-order valence-electron chi connectivity index (χ3n) is 4.82. The van der Waals surface area contributed by atoms with Crippen molar-refractivity contribution in [3.8, 4) is 5.75 Å². The molecule has 1 aromatic heterocycles. The summed E-state index contributed by atoms with van der Waals surface area (Å²) in [4.78, 5) is 31.2. The molecule has 2 N–H and O–H groups in total. The number of methoxy groups -OCH3 is 1. The molecular weight excluding hydrogens is 376 g/mol. The van der Waals surface area contributed by atoms with E-state index in [0.29, 0.717) is 29.8 Å². The highest BCUT2D eigenvalue weighted by Gasteiger charge is 2.34. The van der Waals surface area contributed by atoms with Crippen molar-refractivity contribution in [2.24, 2.45) is 0 Å². The van der Waals surface area contributed by atoms with Crippen LogP contribution >= 0.6 is 11.3 Å². The Balaban J connectivity index is 1.37. The molecule has 1 aromatic carbocycles. The summed E-state index contributed by atoms with van der Waals surface area (Å²) in [5.41, 5.74) is 1.27. The van der Waals surface area contributed by atoms with E-state index >= 15 is 0 Å². The van der Waals surface area contributed by atoms with Gasteiger partial charge in [0.25, 0.3) is 5.91 Å². The molecule has 8 heteroatoms. The van der Waals surface area contributed by atoms with Crippen LogP contribution in [0.5, 0.6) is 5.75 Å². The Hall–Kier alpha value is -2.61. The van der Waals surface area contributed by atoms with E-state index in [4.69, 9.17) is 4.74 Å². The Morgan fingerprint density at radius 1 is 1.29 bits per heavy atom. The van der Waals surface area contributed by atoms with E-state index in [2.05, 4.69) is 15.6 Å². The van der Waals surface area contributed by atoms with E-state index in [1.807, 2.05) is 24.3 Å². The first-order chi connectivity index (χ1) is 13.6. The molecule has 7 nitrogen and oxygen atoms in total. The molecule has 0 radical (unpaired) electrons. The number of ether oxygens (including phenoxy) is 1. The number of hydrogen-bond donors (Lipinski definition) is 2. The fraction of sp³-hybridized carbons (Fsp3) is 0.450. The van der Waals surface area contributed by atoms with Gasteiger partial charge in [0.2, 0.25) is 5.91 Å². The van der Waals surface area contributed by atoms with Crippen LogP contribution in [0.25, 0.3) is 0 Å². The van der Waals surface area contributed by atoms with Gasteiger partial charge in [0.05, 0.1) is 7.11 Å². The number of carbonyl (C=O) groups excluding carboxylic acids is 2. The van der Waals surface area contributed by atoms with Crippen molar-refractivity contribution in [1.29, 1.82) is 0 Å². The van der Waals surface area contributed by atoms with Crippen LogP contribution in [0, 0.1) is 0 Å². The summed E-state index contributed by atoms with van der Waals surface area (Å²) < 4.78 is 5.22. The molecule has 28 heavy (non-hydrogen) atoms. The number of nitrogens with one attached hydrogen (secondary N) is 2. The number of thiazole rings is 1. The predicted octanol–water partition coefficient (Wildman–Crippen LogP) is 3.17. The number of hydrogen-bond acceptors (Lipinski definition) is 6. The molecule has 2 aromatic rings. The Kier molecular flexibility index (Phi) is 5.47. The minimum absolute atomic E-state index is 0.0274. The Bertz CT molecular complexity index is 861. The highest BCUT2D eigenvalue weighted by Crippen LogP contribution is 2.30. The van der Waals surface area contributed by atoms with Gasteiger partial charge in [0, 0.05) is 42.2 Å². The smallest absolute Gasteiger partial charge is 0.273 e. The monoisotopic (exact) mass is 400 g/mol. The van der Waals surface area contributed by atoms with Gasteiger partial charge in [-0.15, -0.1) is 11.3 Å². The maximum Gasteiger partial charge on any atom is 0.273 e. The third-order valence-corrected chi connectivity index (χ3v) is 5.57. The third kappa shape index (κ3) is 4.81. The molecule has 0 bridgehead atoms. The number of amides is 2. The van der Waals surface area contributed by atoms with Gasteiger partial charge in [0.1, 0.15) is 11.4 Å². The van der Waals surface area contributed by atoms with Crippen LogP contribution in [0.1, 0.15) is 42.6 Å². The second-order valence-corrected chi connectivity index (χ2v) is 8.07. The average Bonchev–Trinajstić information content (AvgIpc) is 3.63. The van der Waals surface area contributed by atoms with E-state index in [0.717, 1.165) is 37.1 Å². The lowest BCUT2D eigenvalue weighted by molar-refractivity contribution is -0.121. The lowest BCUT2D eigenvalue weighted by Crippen LogP contribution is -2.37. The van der Waals surface area contributed by atoms with Gasteiger partial charge >= 0.3 is 0 Å². The number of carbonyl (C=O) groups is 2. The fourth-order valence-electron chi connectivity index (χ4n) is 2.99. The van der Waals surface area contributed by atoms with Gasteiger partial charge in [0.15, 0.2) is 5.13 Å². The predicted molar refractivity (Wildman–Crippen MR) is 108 cm³/mol. The SMILES string of the molecule is COc1cccc(Nc2nc(C(=O)N(CCC(=O)NC3CC3)C3CC3)cs2)c1. The summed E-state index contributed by atoms with van der Waals surface area (Å²) >= 11 is 1.39. The minimum Gasteiger partial charge on any atom is -0.497 e. The largest absolute Gasteiger partial charge is 0.497 e. The standard InChI is InChI=1S/C20H24N4O3S/c1-27-16-4-2-3-14(11-16)22-20-23-17(12-28-20)19(26)24(15-7-8-15)10-9-18(25)21-13-5-6-13/h2-4,11-13,15H,5-10H2,1H3,(H,21,25)(H,22,23). The zero-order valence-corrected chi connectivity index (χ0v) is 16.6. The molecule has 0 unspecified atom stereocenters. The molecule has 0 atom stereocenters. The Morgan fingerprint density at radius 2 is 2.11 bits per heavy atom. The van der Waals surface area contributed by atoms with Crippen molar-refractivity contribution in [1.82, 2.24) is 15.2 Å². The minimum atomic E-state index is -0.100. The molecule has 2 amide bonds. The van der Waals surface area contributed by atoms with Crippen molar-refractivity contribution < 1.29 is 14.3 Å². The van der Waals surface area contributed by atoms with Crippen LogP contribution in [0.3, 0.4) is 0 Å². The first-order valence-corrected chi connectivity index (χ1v) is 10.5. The molecule has 4 rings (SSSR count). The number of anilines is 2. The van der Waals surface area contributed by atoms with Crippen LogP contribution in [0.2, 0.25) is 0 Å². The van der Waals surface area contributed by atoms with E-state index < -0.39 is 0 Å². The summed E-state index contributed by atoms with van der Waals surface area (Å²) in [6.07, 6.45) is 4.47. The number of aromatic nitrogens is 1. The van der Waals surface area contributed by atoms with Gasteiger partial charge in [-0.2, -0.15) is 0 Å². The molecule has 2 fully saturated rings. The molecule has 0 aliphatic heterocycles. The molecule has 1 heterocycles. The van der Waals surface area contributed by atoms with Crippen LogP contribution in [-0.4, -0.2) is 47.4 Å². The lowest BCUT2D eigenvalue weighted by Gasteiger charge is -2.21. The first-order valence-electron chi connectivity index (χ1n) is 9.59. The highest BCUT2D eigenvalue weighted by atomic mass is 32.1. The Labute approximate surface area is 168 Å². The van der Waals surface area contributed by atoms with Gasteiger partial charge in [-0.1, -0.05) is 6.07 Å². The quantitative estimate of drug-likeness (QED) is 0.676. The average molecular weight is 401 g/mol. The van der Waals surface area contributed by atoms with Gasteiger partial charge in [-0.25, -0.2) is 4.98 Å². The number of rotatable bonds is 9. The van der Waals surface area contributed by atoms with Crippen molar-refractivity contribution >= 4 is 34.0 Å². The summed E-state index contributed by atoms with van der Waals surface area (Å²) in [5, 5.41) is 8.61. The van der Waals surface area contributed by atoms with E-state index in [9.17, 15) is 9.59 Å². The lowest BCUT2D eigenvalue weighted by atomic mass is 10.3. The fourth-order valence-corrected chi connectivity index (χ4v) is 3.69. The molecule has 0 saturated heterocycles. The van der Waals surface area contributed by atoms with Crippen molar-refractivity contribution in [3.63, 3.8) is 0 Å². The van der Waals surface area contributed by atoms with E-state index in [1.54, 1.807) is 17.4 Å². The van der Waals surface area contributed by atoms with E-state index in [1.165, 1.54) is 11.3 Å². The molecule has 0 spiro atoms. The summed E-state index contributed by atoms with van der Waals surface area (Å²) in [6, 6.07) is 8.13. The molecular formula is C20H24N4O3S. The van der Waals surface area contributed by atoms with Crippen LogP contribution in [0.15, 0.2) is 29.6 Å². The number of nitrogens with zero attached hydrogens (tertiary/aromatic N) is 2. The van der Waals surface area contributed by atoms with Crippen LogP contribution in [-0.2, 0) is 4.79 Å². The second kappa shape index (κ2) is 8.18. The number of benzene rings is 1. The van der Waals surface area contributed by atoms with Gasteiger partial charge in [-0.3, -0.25) is 9.59 Å². The van der Waals surface area contributed by atoms with Crippen LogP contribution in [0.4, 0.5) is 10.8 Å². The summed E-state index contributed by atoms with van der Waals surface area (Å²) in [7, 11) is 1.62. The molecule has 2 saturated carbocycles. The normalized spacial score (nSPS) is 15.8. The van der Waals surface area contributed by atoms with E-state index in [-0.39, 0.29) is 17.9 Å². The van der Waals surface area contributed by atoms with Crippen LogP contribution < -0.4 is 15.4 Å². The van der Waals surface area contributed by atoms with Crippen molar-refractivity contribution in [2.45, 2.75) is 44.2 Å². The second-order valence-electron chi connectivity index (χ2n) is 7.22. The topological polar surface area (TPSA) is 83.6 Å².